The summed E-state index contributed by atoms with van der Waals surface area (Å²) in [5.41, 5.74) is 1.61. The maximum absolute atomic E-state index is 12.4. The normalized spacial score (nSPS) is 14.1. The van der Waals surface area contributed by atoms with E-state index in [2.05, 4.69) is 15.5 Å². The van der Waals surface area contributed by atoms with Gasteiger partial charge in [0, 0.05) is 30.9 Å². The number of pyridine rings is 1. The molecular weight excluding hydrogens is 266 g/mol. The molecule has 0 unspecified atom stereocenters. The number of aromatic nitrogens is 4. The molecule has 4 heterocycles. The molecule has 21 heavy (non-hydrogen) atoms. The molecule has 1 amide bonds. The predicted molar refractivity (Wildman–Crippen MR) is 78.3 cm³/mol. The number of aryl methyl sites for hydroxylation is 1. The molecule has 0 fully saturated rings. The Kier molecular flexibility index (Phi) is 2.73. The Hall–Kier alpha value is -2.63. The van der Waals surface area contributed by atoms with E-state index in [1.807, 2.05) is 45.6 Å². The maximum atomic E-state index is 12.4. The molecule has 106 valence electrons. The quantitative estimate of drug-likeness (QED) is 0.782. The fourth-order valence-electron chi connectivity index (χ4n) is 2.75. The number of hydrogen-bond acceptors (Lipinski definition) is 3. The highest BCUT2D eigenvalue weighted by atomic mass is 16.1. The second-order valence-corrected chi connectivity index (χ2v) is 5.26. The molecule has 0 aliphatic carbocycles. The number of carbonyl (C=O) groups excluding carboxylic acids is 1. The Morgan fingerprint density at radius 3 is 3.10 bits per heavy atom. The Bertz CT molecular complexity index is 783. The summed E-state index contributed by atoms with van der Waals surface area (Å²) in [5, 5.41) is 11.1. The first-order chi connectivity index (χ1) is 10.3. The molecular formula is C15H15N5O. The fourth-order valence-corrected chi connectivity index (χ4v) is 2.75. The summed E-state index contributed by atoms with van der Waals surface area (Å²) >= 11 is 0. The summed E-state index contributed by atoms with van der Waals surface area (Å²) in [5.74, 6) is 1.35. The number of nitrogens with one attached hydrogen (secondary N) is 1. The zero-order valence-corrected chi connectivity index (χ0v) is 11.5. The molecule has 1 N–H and O–H groups in total. The summed E-state index contributed by atoms with van der Waals surface area (Å²) in [6.45, 7) is 0.871. The molecule has 0 saturated heterocycles. The standard InChI is InChI=1S/C15H15N5O/c21-14(11-9-12-5-1-3-7-19(12)10-11)16-15-18-17-13-6-2-4-8-20(13)15/h1,3,5,7,9-10H,2,4,6,8H2,(H,16,18,21). The third-order valence-electron chi connectivity index (χ3n) is 3.85. The zero-order valence-electron chi connectivity index (χ0n) is 11.5. The lowest BCUT2D eigenvalue weighted by Crippen LogP contribution is -2.18. The number of hydrogen-bond donors (Lipinski definition) is 1. The van der Waals surface area contributed by atoms with Crippen molar-refractivity contribution < 1.29 is 4.79 Å². The zero-order chi connectivity index (χ0) is 14.2. The molecule has 3 aromatic rings. The van der Waals surface area contributed by atoms with Gasteiger partial charge in [0.2, 0.25) is 5.95 Å². The van der Waals surface area contributed by atoms with Crippen molar-refractivity contribution in [3.8, 4) is 0 Å². The van der Waals surface area contributed by atoms with Crippen molar-refractivity contribution in [3.63, 3.8) is 0 Å². The number of fused-ring (bicyclic) bond motifs is 2. The third-order valence-corrected chi connectivity index (χ3v) is 3.85. The smallest absolute Gasteiger partial charge is 0.259 e. The van der Waals surface area contributed by atoms with Crippen LogP contribution < -0.4 is 5.32 Å². The van der Waals surface area contributed by atoms with Crippen LogP contribution in [0.1, 0.15) is 29.0 Å². The summed E-state index contributed by atoms with van der Waals surface area (Å²) in [6, 6.07) is 7.72. The van der Waals surface area contributed by atoms with Crippen LogP contribution in [0.25, 0.3) is 5.52 Å². The summed E-state index contributed by atoms with van der Waals surface area (Å²) in [7, 11) is 0. The van der Waals surface area contributed by atoms with Gasteiger partial charge in [0.05, 0.1) is 5.56 Å². The van der Waals surface area contributed by atoms with E-state index >= 15 is 0 Å². The highest BCUT2D eigenvalue weighted by Gasteiger charge is 2.18. The first-order valence-corrected chi connectivity index (χ1v) is 7.11. The fraction of sp³-hybridized carbons (Fsp3) is 0.267. The summed E-state index contributed by atoms with van der Waals surface area (Å²) < 4.78 is 3.92. The molecule has 0 atom stereocenters. The van der Waals surface area contributed by atoms with Gasteiger partial charge in [-0.05, 0) is 31.0 Å². The molecule has 1 aliphatic heterocycles. The Morgan fingerprint density at radius 2 is 2.19 bits per heavy atom. The Morgan fingerprint density at radius 1 is 1.24 bits per heavy atom. The van der Waals surface area contributed by atoms with Crippen LogP contribution in [0.5, 0.6) is 0 Å². The van der Waals surface area contributed by atoms with E-state index in [0.29, 0.717) is 11.5 Å². The Balaban J connectivity index is 1.62. The lowest BCUT2D eigenvalue weighted by Gasteiger charge is -2.14. The molecule has 0 bridgehead atoms. The maximum Gasteiger partial charge on any atom is 0.259 e. The average molecular weight is 281 g/mol. The molecule has 1 aliphatic rings. The van der Waals surface area contributed by atoms with E-state index in [0.717, 1.165) is 37.1 Å². The minimum Gasteiger partial charge on any atom is -0.323 e. The van der Waals surface area contributed by atoms with Crippen molar-refractivity contribution in [1.82, 2.24) is 19.2 Å². The third kappa shape index (κ3) is 2.08. The van der Waals surface area contributed by atoms with Crippen molar-refractivity contribution in [2.45, 2.75) is 25.8 Å². The molecule has 6 heteroatoms. The topological polar surface area (TPSA) is 64.2 Å². The minimum atomic E-state index is -0.153. The molecule has 0 radical (unpaired) electrons. The van der Waals surface area contributed by atoms with Crippen molar-refractivity contribution in [3.05, 3.63) is 48.0 Å². The molecule has 0 saturated carbocycles. The van der Waals surface area contributed by atoms with E-state index in [1.54, 1.807) is 0 Å². The van der Waals surface area contributed by atoms with Gasteiger partial charge in [-0.2, -0.15) is 0 Å². The van der Waals surface area contributed by atoms with Gasteiger partial charge in [0.1, 0.15) is 5.82 Å². The number of anilines is 1. The number of nitrogens with zero attached hydrogens (tertiary/aromatic N) is 4. The van der Waals surface area contributed by atoms with Crippen molar-refractivity contribution >= 4 is 17.4 Å². The summed E-state index contributed by atoms with van der Waals surface area (Å²) in [6.07, 6.45) is 6.91. The van der Waals surface area contributed by atoms with Crippen LogP contribution >= 0.6 is 0 Å². The molecule has 0 aromatic carbocycles. The van der Waals surface area contributed by atoms with Crippen molar-refractivity contribution in [1.29, 1.82) is 0 Å². The van der Waals surface area contributed by atoms with E-state index in [4.69, 9.17) is 0 Å². The first kappa shape index (κ1) is 12.1. The molecule has 0 spiro atoms. The SMILES string of the molecule is O=C(Nc1nnc2n1CCCC2)c1cc2ccccn2c1. The van der Waals surface area contributed by atoms with Gasteiger partial charge in [-0.15, -0.1) is 10.2 Å². The van der Waals surface area contributed by atoms with Gasteiger partial charge >= 0.3 is 0 Å². The predicted octanol–water partition coefficient (Wildman–Crippen LogP) is 2.12. The highest BCUT2D eigenvalue weighted by molar-refractivity contribution is 6.04. The van der Waals surface area contributed by atoms with Crippen LogP contribution in [0.15, 0.2) is 36.7 Å². The van der Waals surface area contributed by atoms with Crippen LogP contribution in [-0.2, 0) is 13.0 Å². The Labute approximate surface area is 121 Å². The first-order valence-electron chi connectivity index (χ1n) is 7.11. The largest absolute Gasteiger partial charge is 0.323 e. The van der Waals surface area contributed by atoms with E-state index in [1.165, 1.54) is 0 Å². The van der Waals surface area contributed by atoms with Crippen LogP contribution in [0.4, 0.5) is 5.95 Å². The van der Waals surface area contributed by atoms with Gasteiger partial charge in [0.25, 0.3) is 5.91 Å². The molecule has 6 nitrogen and oxygen atoms in total. The van der Waals surface area contributed by atoms with Gasteiger partial charge in [0.15, 0.2) is 0 Å². The minimum absolute atomic E-state index is 0.153. The van der Waals surface area contributed by atoms with Gasteiger partial charge in [-0.25, -0.2) is 0 Å². The summed E-state index contributed by atoms with van der Waals surface area (Å²) in [4.78, 5) is 12.4. The van der Waals surface area contributed by atoms with Crippen LogP contribution in [-0.4, -0.2) is 25.1 Å². The second kappa shape index (κ2) is 4.73. The van der Waals surface area contributed by atoms with E-state index in [-0.39, 0.29) is 5.91 Å². The molecule has 4 rings (SSSR count). The lowest BCUT2D eigenvalue weighted by atomic mass is 10.2. The van der Waals surface area contributed by atoms with Crippen LogP contribution in [0, 0.1) is 0 Å². The number of amides is 1. The second-order valence-electron chi connectivity index (χ2n) is 5.26. The van der Waals surface area contributed by atoms with Crippen molar-refractivity contribution in [2.24, 2.45) is 0 Å². The van der Waals surface area contributed by atoms with E-state index in [9.17, 15) is 4.79 Å². The van der Waals surface area contributed by atoms with E-state index < -0.39 is 0 Å². The van der Waals surface area contributed by atoms with Gasteiger partial charge in [-0.1, -0.05) is 6.07 Å². The molecule has 3 aromatic heterocycles. The van der Waals surface area contributed by atoms with Crippen LogP contribution in [0.3, 0.4) is 0 Å². The lowest BCUT2D eigenvalue weighted by molar-refractivity contribution is 0.102. The monoisotopic (exact) mass is 281 g/mol. The average Bonchev–Trinajstić information content (AvgIpc) is 3.11. The number of rotatable bonds is 2. The number of carbonyl (C=O) groups is 1. The van der Waals surface area contributed by atoms with Crippen LogP contribution in [0.2, 0.25) is 0 Å². The highest BCUT2D eigenvalue weighted by Crippen LogP contribution is 2.18. The van der Waals surface area contributed by atoms with Crippen molar-refractivity contribution in [2.75, 3.05) is 5.32 Å². The van der Waals surface area contributed by atoms with Gasteiger partial charge < -0.3 is 4.40 Å². The van der Waals surface area contributed by atoms with Gasteiger partial charge in [-0.3, -0.25) is 14.7 Å².